The van der Waals surface area contributed by atoms with E-state index in [1.807, 2.05) is 18.5 Å². The molecule has 0 saturated heterocycles. The lowest BCUT2D eigenvalue weighted by atomic mass is 10.3. The molecule has 1 heteroatoms. The highest BCUT2D eigenvalue weighted by Crippen LogP contribution is 1.88. The molecule has 0 saturated carbocycles. The Hall–Kier alpha value is -0.720. The molecule has 0 amide bonds. The van der Waals surface area contributed by atoms with Gasteiger partial charge in [0.25, 0.3) is 0 Å². The second kappa shape index (κ2) is 7.39. The summed E-state index contributed by atoms with van der Waals surface area (Å²) in [6.45, 7) is 6.48. The maximum atomic E-state index is 2.93. The number of hydrogen-bond donors (Lipinski definition) is 1. The van der Waals surface area contributed by atoms with Crippen molar-refractivity contribution in [3.05, 3.63) is 24.0 Å². The van der Waals surface area contributed by atoms with Gasteiger partial charge in [-0.05, 0) is 18.6 Å². The van der Waals surface area contributed by atoms with Gasteiger partial charge in [-0.3, -0.25) is 0 Å². The summed E-state index contributed by atoms with van der Waals surface area (Å²) in [6.07, 6.45) is 7.95. The second-order valence-electron chi connectivity index (χ2n) is 2.74. The summed E-state index contributed by atoms with van der Waals surface area (Å²) in [5.74, 6) is 0. The van der Waals surface area contributed by atoms with Crippen LogP contribution in [0.25, 0.3) is 0 Å². The molecule has 1 nitrogen and oxygen atoms in total. The Balaban J connectivity index is 0.000000187. The molecule has 1 heterocycles. The maximum Gasteiger partial charge on any atom is 0.00345 e. The molecule has 1 rings (SSSR count). The molecule has 0 aromatic carbocycles. The van der Waals surface area contributed by atoms with Crippen LogP contribution in [0.3, 0.4) is 0 Å². The maximum absolute atomic E-state index is 2.93. The van der Waals surface area contributed by atoms with Crippen LogP contribution in [0.5, 0.6) is 0 Å². The van der Waals surface area contributed by atoms with Gasteiger partial charge in [0.05, 0.1) is 0 Å². The fourth-order valence-electron chi connectivity index (χ4n) is 0.761. The number of aromatic nitrogens is 1. The smallest absolute Gasteiger partial charge is 0.00345 e. The molecular weight excluding hydrogens is 134 g/mol. The van der Waals surface area contributed by atoms with Gasteiger partial charge in [0.1, 0.15) is 0 Å². The van der Waals surface area contributed by atoms with Gasteiger partial charge in [-0.25, -0.2) is 0 Å². The molecular formula is C10H19N. The van der Waals surface area contributed by atoms with Gasteiger partial charge < -0.3 is 4.98 Å². The number of unbranched alkanes of at least 4 members (excludes halogenated alkanes) is 2. The summed E-state index contributed by atoms with van der Waals surface area (Å²) in [5, 5.41) is 0. The van der Waals surface area contributed by atoms with E-state index in [4.69, 9.17) is 0 Å². The first-order chi connectivity index (χ1) is 5.31. The third-order valence-electron chi connectivity index (χ3n) is 1.46. The average molecular weight is 153 g/mol. The lowest BCUT2D eigenvalue weighted by molar-refractivity contribution is 0.772. The monoisotopic (exact) mass is 153 g/mol. The van der Waals surface area contributed by atoms with E-state index < -0.39 is 0 Å². The fourth-order valence-corrected chi connectivity index (χ4v) is 0.761. The third-order valence-corrected chi connectivity index (χ3v) is 1.46. The van der Waals surface area contributed by atoms with Crippen molar-refractivity contribution >= 4 is 0 Å². The fraction of sp³-hybridized carbons (Fsp3) is 0.600. The SMILES string of the molecule is CCCCC.Cc1cc[nH]c1. The Labute approximate surface area is 69.8 Å². The lowest BCUT2D eigenvalue weighted by Gasteiger charge is -1.79. The minimum absolute atomic E-state index is 1.29. The predicted octanol–water partition coefficient (Wildman–Crippen LogP) is 3.52. The van der Waals surface area contributed by atoms with E-state index in [2.05, 4.69) is 25.8 Å². The zero-order valence-electron chi connectivity index (χ0n) is 7.85. The molecule has 1 aromatic rings. The van der Waals surface area contributed by atoms with Crippen molar-refractivity contribution in [3.8, 4) is 0 Å². The Morgan fingerprint density at radius 2 is 1.91 bits per heavy atom. The third kappa shape index (κ3) is 7.17. The van der Waals surface area contributed by atoms with Gasteiger partial charge in [-0.1, -0.05) is 33.1 Å². The zero-order valence-corrected chi connectivity index (χ0v) is 7.85. The summed E-state index contributed by atoms with van der Waals surface area (Å²) in [7, 11) is 0. The molecule has 0 radical (unpaired) electrons. The quantitative estimate of drug-likeness (QED) is 0.669. The second-order valence-corrected chi connectivity index (χ2v) is 2.74. The van der Waals surface area contributed by atoms with Crippen LogP contribution in [0.15, 0.2) is 18.5 Å². The largest absolute Gasteiger partial charge is 0.367 e. The number of hydrogen-bond acceptors (Lipinski definition) is 0. The molecule has 11 heavy (non-hydrogen) atoms. The predicted molar refractivity (Wildman–Crippen MR) is 50.7 cm³/mol. The number of H-pyrrole nitrogens is 1. The minimum Gasteiger partial charge on any atom is -0.367 e. The van der Waals surface area contributed by atoms with Gasteiger partial charge in [0, 0.05) is 12.4 Å². The van der Waals surface area contributed by atoms with Crippen LogP contribution in [0.2, 0.25) is 0 Å². The summed E-state index contributed by atoms with van der Waals surface area (Å²) in [5.41, 5.74) is 1.29. The van der Waals surface area contributed by atoms with Crippen LogP contribution >= 0.6 is 0 Å². The molecule has 64 valence electrons. The first-order valence-electron chi connectivity index (χ1n) is 4.40. The van der Waals surface area contributed by atoms with Gasteiger partial charge in [0.15, 0.2) is 0 Å². The van der Waals surface area contributed by atoms with E-state index in [-0.39, 0.29) is 0 Å². The van der Waals surface area contributed by atoms with Crippen LogP contribution in [0.4, 0.5) is 0 Å². The van der Waals surface area contributed by atoms with Crippen LogP contribution < -0.4 is 0 Å². The minimum atomic E-state index is 1.29. The lowest BCUT2D eigenvalue weighted by Crippen LogP contribution is -1.59. The van der Waals surface area contributed by atoms with Crippen molar-refractivity contribution in [1.29, 1.82) is 0 Å². The van der Waals surface area contributed by atoms with Crippen molar-refractivity contribution in [2.24, 2.45) is 0 Å². The van der Waals surface area contributed by atoms with Crippen molar-refractivity contribution in [3.63, 3.8) is 0 Å². The van der Waals surface area contributed by atoms with E-state index in [9.17, 15) is 0 Å². The Kier molecular flexibility index (Phi) is 6.90. The summed E-state index contributed by atoms with van der Waals surface area (Å²) < 4.78 is 0. The standard InChI is InChI=1S/C5H7N.C5H12/c1-5-2-3-6-4-5;1-3-5-4-2/h2-4,6H,1H3;3-5H2,1-2H3. The number of aromatic amines is 1. The van der Waals surface area contributed by atoms with Crippen molar-refractivity contribution in [2.45, 2.75) is 40.0 Å². The number of nitrogens with one attached hydrogen (secondary N) is 1. The molecule has 0 unspecified atom stereocenters. The van der Waals surface area contributed by atoms with E-state index in [1.165, 1.54) is 24.8 Å². The van der Waals surface area contributed by atoms with Crippen molar-refractivity contribution in [2.75, 3.05) is 0 Å². The van der Waals surface area contributed by atoms with Gasteiger partial charge in [-0.2, -0.15) is 0 Å². The summed E-state index contributed by atoms with van der Waals surface area (Å²) in [4.78, 5) is 2.93. The normalized spacial score (nSPS) is 8.64. The van der Waals surface area contributed by atoms with Crippen LogP contribution in [-0.2, 0) is 0 Å². The van der Waals surface area contributed by atoms with Gasteiger partial charge in [0.2, 0.25) is 0 Å². The van der Waals surface area contributed by atoms with E-state index in [0.717, 1.165) is 0 Å². The Morgan fingerprint density at radius 1 is 1.27 bits per heavy atom. The highest BCUT2D eigenvalue weighted by atomic mass is 14.6. The summed E-state index contributed by atoms with van der Waals surface area (Å²) in [6, 6.07) is 2.03. The molecule has 0 bridgehead atoms. The average Bonchev–Trinajstić information content (AvgIpc) is 2.43. The van der Waals surface area contributed by atoms with Crippen molar-refractivity contribution in [1.82, 2.24) is 4.98 Å². The molecule has 0 fully saturated rings. The topological polar surface area (TPSA) is 15.8 Å². The molecule has 0 spiro atoms. The molecule has 0 aliphatic rings. The number of aryl methyl sites for hydroxylation is 1. The molecule has 0 aliphatic carbocycles. The van der Waals surface area contributed by atoms with Gasteiger partial charge >= 0.3 is 0 Å². The summed E-state index contributed by atoms with van der Waals surface area (Å²) >= 11 is 0. The Bertz CT molecular complexity index is 140. The first kappa shape index (κ1) is 10.3. The van der Waals surface area contributed by atoms with Crippen molar-refractivity contribution < 1.29 is 0 Å². The van der Waals surface area contributed by atoms with Crippen LogP contribution in [-0.4, -0.2) is 4.98 Å². The van der Waals surface area contributed by atoms with Gasteiger partial charge in [-0.15, -0.1) is 0 Å². The highest BCUT2D eigenvalue weighted by molar-refractivity contribution is 5.03. The molecule has 1 aromatic heterocycles. The molecule has 0 aliphatic heterocycles. The van der Waals surface area contributed by atoms with Crippen LogP contribution in [0, 0.1) is 6.92 Å². The highest BCUT2D eigenvalue weighted by Gasteiger charge is 1.73. The molecule has 0 atom stereocenters. The zero-order chi connectivity index (χ0) is 8.53. The van der Waals surface area contributed by atoms with E-state index in [0.29, 0.717) is 0 Å². The van der Waals surface area contributed by atoms with E-state index >= 15 is 0 Å². The van der Waals surface area contributed by atoms with Crippen LogP contribution in [0.1, 0.15) is 38.7 Å². The van der Waals surface area contributed by atoms with E-state index in [1.54, 1.807) is 0 Å². The first-order valence-corrected chi connectivity index (χ1v) is 4.40. The number of rotatable bonds is 2. The Morgan fingerprint density at radius 3 is 2.00 bits per heavy atom. The molecule has 1 N–H and O–H groups in total.